The molecular weight excluding hydrogens is 138 g/mol. The van der Waals surface area contributed by atoms with E-state index in [1.54, 1.807) is 0 Å². The maximum atomic E-state index is 11.2. The van der Waals surface area contributed by atoms with Crippen LogP contribution in [0.5, 0.6) is 0 Å². The summed E-state index contributed by atoms with van der Waals surface area (Å²) in [5, 5.41) is 0. The van der Waals surface area contributed by atoms with E-state index in [0.717, 1.165) is 12.0 Å². The van der Waals surface area contributed by atoms with Crippen LogP contribution in [0.25, 0.3) is 0 Å². The molecular formula is C9H17NO. The highest BCUT2D eigenvalue weighted by Crippen LogP contribution is 2.04. The number of carbonyl (C=O) groups excluding carboxylic acids is 1. The molecule has 0 atom stereocenters. The number of rotatable bonds is 4. The second-order valence-electron chi connectivity index (χ2n) is 2.75. The lowest BCUT2D eigenvalue weighted by molar-refractivity contribution is -0.115. The minimum Gasteiger partial charge on any atom is -0.383 e. The summed E-state index contributed by atoms with van der Waals surface area (Å²) in [7, 11) is 3.86. The van der Waals surface area contributed by atoms with Gasteiger partial charge in [-0.25, -0.2) is 0 Å². The summed E-state index contributed by atoms with van der Waals surface area (Å²) in [6, 6.07) is 0. The fourth-order valence-corrected chi connectivity index (χ4v) is 0.899. The zero-order valence-electron chi connectivity index (χ0n) is 7.85. The molecule has 0 radical (unpaired) electrons. The summed E-state index contributed by atoms with van der Waals surface area (Å²) in [4.78, 5) is 13.1. The van der Waals surface area contributed by atoms with Crippen molar-refractivity contribution in [1.29, 1.82) is 0 Å². The monoisotopic (exact) mass is 155 g/mol. The van der Waals surface area contributed by atoms with Crippen molar-refractivity contribution in [2.45, 2.75) is 26.7 Å². The van der Waals surface area contributed by atoms with Crippen LogP contribution in [0.1, 0.15) is 26.7 Å². The molecule has 0 aliphatic rings. The van der Waals surface area contributed by atoms with Gasteiger partial charge in [-0.15, -0.1) is 0 Å². The van der Waals surface area contributed by atoms with Gasteiger partial charge in [0.25, 0.3) is 0 Å². The number of hydrogen-bond acceptors (Lipinski definition) is 2. The molecule has 0 bridgehead atoms. The van der Waals surface area contributed by atoms with Crippen LogP contribution in [-0.2, 0) is 4.79 Å². The largest absolute Gasteiger partial charge is 0.383 e. The maximum absolute atomic E-state index is 11.2. The van der Waals surface area contributed by atoms with Gasteiger partial charge < -0.3 is 4.90 Å². The summed E-state index contributed by atoms with van der Waals surface area (Å²) < 4.78 is 0. The SMILES string of the molecule is CCC(=O)C(=CN(C)C)CC. The highest BCUT2D eigenvalue weighted by Gasteiger charge is 2.03. The molecule has 0 aromatic carbocycles. The highest BCUT2D eigenvalue weighted by molar-refractivity contribution is 5.94. The van der Waals surface area contributed by atoms with Crippen LogP contribution in [0.3, 0.4) is 0 Å². The predicted molar refractivity (Wildman–Crippen MR) is 47.4 cm³/mol. The van der Waals surface area contributed by atoms with Crippen molar-refractivity contribution in [3.05, 3.63) is 11.8 Å². The third-order valence-corrected chi connectivity index (χ3v) is 1.47. The predicted octanol–water partition coefficient (Wildman–Crippen LogP) is 1.82. The van der Waals surface area contributed by atoms with Gasteiger partial charge in [0.15, 0.2) is 5.78 Å². The third kappa shape index (κ3) is 3.81. The van der Waals surface area contributed by atoms with Crippen molar-refractivity contribution in [3.63, 3.8) is 0 Å². The molecule has 0 saturated carbocycles. The van der Waals surface area contributed by atoms with Crippen LogP contribution in [-0.4, -0.2) is 24.8 Å². The molecule has 0 fully saturated rings. The first kappa shape index (κ1) is 10.2. The topological polar surface area (TPSA) is 20.3 Å². The molecule has 0 N–H and O–H groups in total. The Labute approximate surface area is 68.9 Å². The van der Waals surface area contributed by atoms with Crippen LogP contribution in [0.15, 0.2) is 11.8 Å². The number of nitrogens with zero attached hydrogens (tertiary/aromatic N) is 1. The van der Waals surface area contributed by atoms with E-state index in [9.17, 15) is 4.79 Å². The van der Waals surface area contributed by atoms with Gasteiger partial charge in [-0.05, 0) is 6.42 Å². The lowest BCUT2D eigenvalue weighted by Gasteiger charge is -2.08. The summed E-state index contributed by atoms with van der Waals surface area (Å²) in [6.07, 6.45) is 3.32. The molecule has 64 valence electrons. The minimum atomic E-state index is 0.251. The first-order valence-electron chi connectivity index (χ1n) is 4.02. The molecule has 0 spiro atoms. The van der Waals surface area contributed by atoms with E-state index < -0.39 is 0 Å². The lowest BCUT2D eigenvalue weighted by Crippen LogP contribution is -2.08. The molecule has 0 aromatic rings. The molecule has 0 saturated heterocycles. The molecule has 0 rings (SSSR count). The van der Waals surface area contributed by atoms with Gasteiger partial charge in [0.2, 0.25) is 0 Å². The highest BCUT2D eigenvalue weighted by atomic mass is 16.1. The molecule has 0 aliphatic carbocycles. The number of hydrogen-bond donors (Lipinski definition) is 0. The molecule has 0 aromatic heterocycles. The first-order chi connectivity index (χ1) is 5.11. The van der Waals surface area contributed by atoms with Crippen molar-refractivity contribution in [1.82, 2.24) is 4.90 Å². The van der Waals surface area contributed by atoms with Crippen molar-refractivity contribution in [2.75, 3.05) is 14.1 Å². The van der Waals surface area contributed by atoms with E-state index in [2.05, 4.69) is 0 Å². The van der Waals surface area contributed by atoms with E-state index >= 15 is 0 Å². The molecule has 0 amide bonds. The van der Waals surface area contributed by atoms with E-state index in [0.29, 0.717) is 6.42 Å². The van der Waals surface area contributed by atoms with Gasteiger partial charge in [-0.2, -0.15) is 0 Å². The minimum absolute atomic E-state index is 0.251. The van der Waals surface area contributed by atoms with Gasteiger partial charge in [0.1, 0.15) is 0 Å². The Morgan fingerprint density at radius 3 is 2.09 bits per heavy atom. The van der Waals surface area contributed by atoms with E-state index in [1.165, 1.54) is 0 Å². The molecule has 2 nitrogen and oxygen atoms in total. The number of allylic oxidation sites excluding steroid dienone is 1. The van der Waals surface area contributed by atoms with Gasteiger partial charge in [-0.1, -0.05) is 13.8 Å². The van der Waals surface area contributed by atoms with Gasteiger partial charge in [0, 0.05) is 32.3 Å². The molecule has 0 unspecified atom stereocenters. The third-order valence-electron chi connectivity index (χ3n) is 1.47. The van der Waals surface area contributed by atoms with E-state index in [1.807, 2.05) is 39.0 Å². The summed E-state index contributed by atoms with van der Waals surface area (Å²) in [5.74, 6) is 0.251. The van der Waals surface area contributed by atoms with Crippen molar-refractivity contribution in [3.8, 4) is 0 Å². The quantitative estimate of drug-likeness (QED) is 0.577. The Morgan fingerprint density at radius 2 is 1.82 bits per heavy atom. The van der Waals surface area contributed by atoms with E-state index in [-0.39, 0.29) is 5.78 Å². The Morgan fingerprint density at radius 1 is 1.27 bits per heavy atom. The second-order valence-corrected chi connectivity index (χ2v) is 2.75. The van der Waals surface area contributed by atoms with Gasteiger partial charge in [-0.3, -0.25) is 4.79 Å². The number of ketones is 1. The summed E-state index contributed by atoms with van der Waals surface area (Å²) >= 11 is 0. The standard InChI is InChI=1S/C9H17NO/c1-5-8(7-10(3)4)9(11)6-2/h7H,5-6H2,1-4H3. The average molecular weight is 155 g/mol. The van der Waals surface area contributed by atoms with Crippen LogP contribution in [0, 0.1) is 0 Å². The Hall–Kier alpha value is -0.790. The number of carbonyl (C=O) groups is 1. The molecule has 0 heterocycles. The molecule has 0 aliphatic heterocycles. The van der Waals surface area contributed by atoms with Crippen LogP contribution in [0.4, 0.5) is 0 Å². The van der Waals surface area contributed by atoms with Crippen molar-refractivity contribution >= 4 is 5.78 Å². The summed E-state index contributed by atoms with van der Waals surface area (Å²) in [5.41, 5.74) is 0.914. The lowest BCUT2D eigenvalue weighted by atomic mass is 10.1. The van der Waals surface area contributed by atoms with E-state index in [4.69, 9.17) is 0 Å². The smallest absolute Gasteiger partial charge is 0.160 e. The zero-order valence-corrected chi connectivity index (χ0v) is 7.85. The fraction of sp³-hybridized carbons (Fsp3) is 0.667. The normalized spacial score (nSPS) is 11.5. The van der Waals surface area contributed by atoms with Gasteiger partial charge in [0.05, 0.1) is 0 Å². The molecule has 2 heteroatoms. The first-order valence-corrected chi connectivity index (χ1v) is 4.02. The average Bonchev–Trinajstić information content (AvgIpc) is 1.98. The Bertz CT molecular complexity index is 159. The fourth-order valence-electron chi connectivity index (χ4n) is 0.899. The zero-order chi connectivity index (χ0) is 8.85. The molecule has 11 heavy (non-hydrogen) atoms. The number of Topliss-reactive ketones (excluding diaryl/α,β-unsaturated/α-hetero) is 1. The summed E-state index contributed by atoms with van der Waals surface area (Å²) in [6.45, 7) is 3.89. The van der Waals surface area contributed by atoms with Crippen LogP contribution >= 0.6 is 0 Å². The van der Waals surface area contributed by atoms with Crippen LogP contribution in [0.2, 0.25) is 0 Å². The van der Waals surface area contributed by atoms with Crippen molar-refractivity contribution < 1.29 is 4.79 Å². The maximum Gasteiger partial charge on any atom is 0.160 e. The van der Waals surface area contributed by atoms with Gasteiger partial charge >= 0.3 is 0 Å². The second kappa shape index (κ2) is 4.94. The van der Waals surface area contributed by atoms with Crippen molar-refractivity contribution in [2.24, 2.45) is 0 Å². The Balaban J connectivity index is 4.27. The van der Waals surface area contributed by atoms with Crippen LogP contribution < -0.4 is 0 Å². The Kier molecular flexibility index (Phi) is 4.59.